The molecule has 1 heterocycles. The van der Waals surface area contributed by atoms with Crippen molar-refractivity contribution in [1.29, 1.82) is 0 Å². The number of amides is 1. The van der Waals surface area contributed by atoms with E-state index in [1.165, 1.54) is 23.3 Å². The van der Waals surface area contributed by atoms with Gasteiger partial charge in [0.15, 0.2) is 10.9 Å². The number of ketones is 1. The summed E-state index contributed by atoms with van der Waals surface area (Å²) < 4.78 is 1.49. The van der Waals surface area contributed by atoms with Gasteiger partial charge in [0.25, 0.3) is 0 Å². The van der Waals surface area contributed by atoms with Gasteiger partial charge >= 0.3 is 5.69 Å². The van der Waals surface area contributed by atoms with Gasteiger partial charge in [0.2, 0.25) is 5.91 Å². The van der Waals surface area contributed by atoms with Crippen LogP contribution in [0.5, 0.6) is 0 Å². The molecule has 8 heteroatoms. The van der Waals surface area contributed by atoms with Crippen molar-refractivity contribution in [1.82, 2.24) is 14.8 Å². The number of carbonyl (C=O) groups is 2. The largest absolute Gasteiger partial charge is 0.344 e. The highest BCUT2D eigenvalue weighted by atomic mass is 32.2. The number of thioether (sulfide) groups is 1. The Hall–Kier alpha value is -3.13. The maximum absolute atomic E-state index is 12.6. The highest BCUT2D eigenvalue weighted by molar-refractivity contribution is 8.00. The van der Waals surface area contributed by atoms with E-state index in [-0.39, 0.29) is 17.4 Å². The predicted octanol–water partition coefficient (Wildman–Crippen LogP) is 2.94. The summed E-state index contributed by atoms with van der Waals surface area (Å²) in [7, 11) is 0. The van der Waals surface area contributed by atoms with Gasteiger partial charge in [0, 0.05) is 5.56 Å². The quantitative estimate of drug-likeness (QED) is 0.473. The Morgan fingerprint density at radius 3 is 2.54 bits per heavy atom. The lowest BCUT2D eigenvalue weighted by Crippen LogP contribution is -2.25. The Labute approximate surface area is 166 Å². The monoisotopic (exact) mass is 396 g/mol. The second kappa shape index (κ2) is 8.71. The van der Waals surface area contributed by atoms with Crippen LogP contribution in [0.3, 0.4) is 0 Å². The number of para-hydroxylation sites is 1. The van der Waals surface area contributed by atoms with Gasteiger partial charge < -0.3 is 5.32 Å². The minimum atomic E-state index is -0.523. The zero-order valence-corrected chi connectivity index (χ0v) is 16.3. The number of nitrogens with zero attached hydrogens (tertiary/aromatic N) is 2. The van der Waals surface area contributed by atoms with Crippen LogP contribution >= 0.6 is 11.8 Å². The SMILES string of the molecule is CC(=O)c1ccccc1NC(=O)C(C)Sc1n[nH]c(=O)n1Cc1ccccc1. The summed E-state index contributed by atoms with van der Waals surface area (Å²) in [6.07, 6.45) is 0. The Balaban J connectivity index is 1.73. The summed E-state index contributed by atoms with van der Waals surface area (Å²) in [6, 6.07) is 16.4. The minimum Gasteiger partial charge on any atom is -0.324 e. The van der Waals surface area contributed by atoms with Crippen molar-refractivity contribution in [3.63, 3.8) is 0 Å². The van der Waals surface area contributed by atoms with Gasteiger partial charge in [-0.3, -0.25) is 14.2 Å². The number of carbonyl (C=O) groups excluding carboxylic acids is 2. The van der Waals surface area contributed by atoms with Gasteiger partial charge in [0.1, 0.15) is 0 Å². The number of H-pyrrole nitrogens is 1. The zero-order chi connectivity index (χ0) is 20.1. The molecular formula is C20H20N4O3S. The number of hydrogen-bond donors (Lipinski definition) is 2. The Morgan fingerprint density at radius 2 is 1.82 bits per heavy atom. The van der Waals surface area contributed by atoms with E-state index in [9.17, 15) is 14.4 Å². The first-order valence-corrected chi connectivity index (χ1v) is 9.60. The average molecular weight is 396 g/mol. The second-order valence-electron chi connectivity index (χ2n) is 6.23. The van der Waals surface area contributed by atoms with E-state index in [1.807, 2.05) is 30.3 Å². The highest BCUT2D eigenvalue weighted by Crippen LogP contribution is 2.23. The van der Waals surface area contributed by atoms with Crippen molar-refractivity contribution in [3.05, 3.63) is 76.2 Å². The van der Waals surface area contributed by atoms with Crippen LogP contribution in [0.4, 0.5) is 5.69 Å². The molecule has 1 unspecified atom stereocenters. The number of aromatic amines is 1. The van der Waals surface area contributed by atoms with Crippen molar-refractivity contribution in [2.24, 2.45) is 0 Å². The first-order valence-electron chi connectivity index (χ1n) is 8.72. The van der Waals surface area contributed by atoms with E-state index in [1.54, 1.807) is 31.2 Å². The third kappa shape index (κ3) is 4.58. The molecular weight excluding hydrogens is 376 g/mol. The minimum absolute atomic E-state index is 0.125. The number of nitrogens with one attached hydrogen (secondary N) is 2. The fourth-order valence-corrected chi connectivity index (χ4v) is 3.50. The first kappa shape index (κ1) is 19.6. The van der Waals surface area contributed by atoms with Crippen LogP contribution in [-0.4, -0.2) is 31.7 Å². The Bertz CT molecular complexity index is 1040. The molecule has 0 bridgehead atoms. The number of hydrogen-bond acceptors (Lipinski definition) is 5. The molecule has 7 nitrogen and oxygen atoms in total. The van der Waals surface area contributed by atoms with Crippen LogP contribution < -0.4 is 11.0 Å². The third-order valence-electron chi connectivity index (χ3n) is 4.12. The van der Waals surface area contributed by atoms with Crippen molar-refractivity contribution < 1.29 is 9.59 Å². The summed E-state index contributed by atoms with van der Waals surface area (Å²) in [4.78, 5) is 36.4. The molecule has 0 aliphatic rings. The van der Waals surface area contributed by atoms with Gasteiger partial charge in [-0.2, -0.15) is 0 Å². The van der Waals surface area contributed by atoms with E-state index < -0.39 is 5.25 Å². The normalized spacial score (nSPS) is 11.8. The standard InChI is InChI=1S/C20H20N4O3S/c1-13(25)16-10-6-7-11-17(16)21-18(26)14(2)28-20-23-22-19(27)24(20)12-15-8-4-3-5-9-15/h3-11,14H,12H2,1-2H3,(H,21,26)(H,22,27). The van der Waals surface area contributed by atoms with Crippen LogP contribution in [-0.2, 0) is 11.3 Å². The van der Waals surface area contributed by atoms with Crippen LogP contribution in [0.2, 0.25) is 0 Å². The number of Topliss-reactive ketones (excluding diaryl/α,β-unsaturated/α-hetero) is 1. The van der Waals surface area contributed by atoms with Crippen LogP contribution in [0.15, 0.2) is 64.5 Å². The molecule has 2 aromatic carbocycles. The molecule has 1 amide bonds. The van der Waals surface area contributed by atoms with Crippen molar-refractivity contribution >= 4 is 29.1 Å². The summed E-state index contributed by atoms with van der Waals surface area (Å²) in [6.45, 7) is 3.54. The smallest absolute Gasteiger partial charge is 0.324 e. The molecule has 144 valence electrons. The van der Waals surface area contributed by atoms with Crippen LogP contribution in [0.25, 0.3) is 0 Å². The van der Waals surface area contributed by atoms with Gasteiger partial charge in [-0.25, -0.2) is 9.89 Å². The summed E-state index contributed by atoms with van der Waals surface area (Å²) in [5.74, 6) is -0.402. The number of anilines is 1. The molecule has 0 aliphatic heterocycles. The maximum Gasteiger partial charge on any atom is 0.344 e. The fourth-order valence-electron chi connectivity index (χ4n) is 2.64. The highest BCUT2D eigenvalue weighted by Gasteiger charge is 2.20. The van der Waals surface area contributed by atoms with E-state index in [0.717, 1.165) is 5.56 Å². The van der Waals surface area contributed by atoms with E-state index in [4.69, 9.17) is 0 Å². The molecule has 1 aromatic heterocycles. The Morgan fingerprint density at radius 1 is 1.14 bits per heavy atom. The summed E-state index contributed by atoms with van der Waals surface area (Å²) in [5, 5.41) is 9.16. The predicted molar refractivity (Wildman–Crippen MR) is 109 cm³/mol. The van der Waals surface area contributed by atoms with E-state index in [0.29, 0.717) is 23.0 Å². The van der Waals surface area contributed by atoms with Gasteiger partial charge in [-0.05, 0) is 31.5 Å². The van der Waals surface area contributed by atoms with Gasteiger partial charge in [0.05, 0.1) is 17.5 Å². The summed E-state index contributed by atoms with van der Waals surface area (Å²) >= 11 is 1.18. The molecule has 1 atom stereocenters. The third-order valence-corrected chi connectivity index (χ3v) is 5.21. The van der Waals surface area contributed by atoms with Crippen molar-refractivity contribution in [3.8, 4) is 0 Å². The van der Waals surface area contributed by atoms with Gasteiger partial charge in [-0.15, -0.1) is 5.10 Å². The first-order chi connectivity index (χ1) is 13.5. The lowest BCUT2D eigenvalue weighted by Gasteiger charge is -2.14. The Kier molecular flexibility index (Phi) is 6.10. The van der Waals surface area contributed by atoms with E-state index in [2.05, 4.69) is 15.5 Å². The number of aromatic nitrogens is 3. The molecule has 0 fully saturated rings. The van der Waals surface area contributed by atoms with Crippen molar-refractivity contribution in [2.45, 2.75) is 30.8 Å². The molecule has 0 spiro atoms. The lowest BCUT2D eigenvalue weighted by atomic mass is 10.1. The van der Waals surface area contributed by atoms with Crippen LogP contribution in [0.1, 0.15) is 29.8 Å². The topological polar surface area (TPSA) is 96.8 Å². The van der Waals surface area contributed by atoms with Gasteiger partial charge in [-0.1, -0.05) is 54.2 Å². The molecule has 28 heavy (non-hydrogen) atoms. The maximum atomic E-state index is 12.6. The summed E-state index contributed by atoms with van der Waals surface area (Å²) in [5.41, 5.74) is 1.55. The van der Waals surface area contributed by atoms with Crippen molar-refractivity contribution in [2.75, 3.05) is 5.32 Å². The molecule has 0 radical (unpaired) electrons. The number of benzene rings is 2. The molecule has 2 N–H and O–H groups in total. The van der Waals surface area contributed by atoms with Crippen LogP contribution in [0, 0.1) is 0 Å². The second-order valence-corrected chi connectivity index (χ2v) is 7.54. The number of rotatable bonds is 7. The molecule has 0 saturated heterocycles. The molecule has 3 aromatic rings. The molecule has 3 rings (SSSR count). The zero-order valence-electron chi connectivity index (χ0n) is 15.5. The average Bonchev–Trinajstić information content (AvgIpc) is 3.02. The fraction of sp³-hybridized carbons (Fsp3) is 0.200. The molecule has 0 saturated carbocycles. The molecule has 0 aliphatic carbocycles. The lowest BCUT2D eigenvalue weighted by molar-refractivity contribution is -0.115. The van der Waals surface area contributed by atoms with E-state index >= 15 is 0 Å².